The summed E-state index contributed by atoms with van der Waals surface area (Å²) in [5.41, 5.74) is 1.77. The van der Waals surface area contributed by atoms with E-state index in [1.54, 1.807) is 0 Å². The van der Waals surface area contributed by atoms with Gasteiger partial charge in [-0.05, 0) is 79.4 Å². The summed E-state index contributed by atoms with van der Waals surface area (Å²) >= 11 is 0. The quantitative estimate of drug-likeness (QED) is 0.818. The second-order valence-corrected chi connectivity index (χ2v) is 7.48. The van der Waals surface area contributed by atoms with Gasteiger partial charge in [0.25, 0.3) is 0 Å². The highest BCUT2D eigenvalue weighted by Gasteiger charge is 2.54. The van der Waals surface area contributed by atoms with Gasteiger partial charge in [0, 0.05) is 24.7 Å². The Balaban J connectivity index is 1.71. The Morgan fingerprint density at radius 3 is 2.15 bits per heavy atom. The van der Waals surface area contributed by atoms with Gasteiger partial charge in [0.15, 0.2) is 0 Å². The predicted molar refractivity (Wildman–Crippen MR) is 77.8 cm³/mol. The molecule has 1 atom stereocenters. The maximum atomic E-state index is 9.33. The van der Waals surface area contributed by atoms with Crippen LogP contribution in [0.3, 0.4) is 0 Å². The second-order valence-electron chi connectivity index (χ2n) is 7.48. The highest BCUT2D eigenvalue weighted by molar-refractivity contribution is 5.23. The number of pyridine rings is 1. The summed E-state index contributed by atoms with van der Waals surface area (Å²) in [5, 5.41) is 9.33. The minimum absolute atomic E-state index is 0.422. The highest BCUT2D eigenvalue weighted by atomic mass is 14.6. The fourth-order valence-electron chi connectivity index (χ4n) is 5.98. The second kappa shape index (κ2) is 4.58. The lowest BCUT2D eigenvalue weighted by Gasteiger charge is -2.59. The van der Waals surface area contributed by atoms with Crippen LogP contribution in [-0.2, 0) is 0 Å². The van der Waals surface area contributed by atoms with E-state index in [2.05, 4.69) is 23.2 Å². The maximum absolute atomic E-state index is 9.33. The Kier molecular flexibility index (Phi) is 2.84. The molecule has 104 valence electrons. The van der Waals surface area contributed by atoms with Gasteiger partial charge in [0.1, 0.15) is 0 Å². The maximum Gasteiger partial charge on any atom is 0.0628 e. The molecule has 1 unspecified atom stereocenters. The summed E-state index contributed by atoms with van der Waals surface area (Å²) in [5.74, 6) is 3.28. The van der Waals surface area contributed by atoms with E-state index < -0.39 is 0 Å². The summed E-state index contributed by atoms with van der Waals surface area (Å²) in [7, 11) is 0. The molecule has 2 heteroatoms. The molecule has 20 heavy (non-hydrogen) atoms. The molecule has 4 saturated carbocycles. The Hall–Kier alpha value is -1.36. The minimum Gasteiger partial charge on any atom is -0.265 e. The van der Waals surface area contributed by atoms with E-state index in [4.69, 9.17) is 0 Å². The smallest absolute Gasteiger partial charge is 0.0628 e. The lowest BCUT2D eigenvalue weighted by molar-refractivity contribution is -0.0680. The summed E-state index contributed by atoms with van der Waals surface area (Å²) < 4.78 is 0. The summed E-state index contributed by atoms with van der Waals surface area (Å²) in [6.07, 6.45) is 13.0. The zero-order chi connectivity index (χ0) is 13.6. The third-order valence-corrected chi connectivity index (χ3v) is 6.23. The van der Waals surface area contributed by atoms with Crippen molar-refractivity contribution < 1.29 is 0 Å². The standard InChI is InChI=1S/C18H22N2/c19-4-1-17(16-2-5-20-6-3-16)18-10-13-7-14(11-18)9-15(8-13)12-18/h2-3,5-6,13-15,17H,1,7-12H2. The largest absolute Gasteiger partial charge is 0.265 e. The Morgan fingerprint density at radius 2 is 1.65 bits per heavy atom. The van der Waals surface area contributed by atoms with Crippen LogP contribution in [0.4, 0.5) is 0 Å². The molecule has 1 heterocycles. The predicted octanol–water partition coefficient (Wildman–Crippen LogP) is 4.30. The molecule has 0 amide bonds. The fourth-order valence-corrected chi connectivity index (χ4v) is 5.98. The molecule has 0 N–H and O–H groups in total. The average Bonchev–Trinajstić information content (AvgIpc) is 2.44. The Labute approximate surface area is 121 Å². The molecule has 4 aliphatic carbocycles. The summed E-state index contributed by atoms with van der Waals surface area (Å²) in [6.45, 7) is 0. The van der Waals surface area contributed by atoms with Crippen LogP contribution in [-0.4, -0.2) is 4.98 Å². The van der Waals surface area contributed by atoms with E-state index in [9.17, 15) is 5.26 Å². The number of hydrogen-bond donors (Lipinski definition) is 0. The van der Waals surface area contributed by atoms with Gasteiger partial charge in [-0.1, -0.05) is 0 Å². The molecule has 4 bridgehead atoms. The molecular weight excluding hydrogens is 244 g/mol. The zero-order valence-electron chi connectivity index (χ0n) is 12.0. The number of nitrogens with zero attached hydrogens (tertiary/aromatic N) is 2. The zero-order valence-corrected chi connectivity index (χ0v) is 12.0. The first-order valence-corrected chi connectivity index (χ1v) is 8.06. The first-order chi connectivity index (χ1) is 9.79. The van der Waals surface area contributed by atoms with E-state index >= 15 is 0 Å². The van der Waals surface area contributed by atoms with Crippen LogP contribution in [0.25, 0.3) is 0 Å². The van der Waals surface area contributed by atoms with Crippen molar-refractivity contribution in [3.8, 4) is 6.07 Å². The molecule has 0 aromatic carbocycles. The molecule has 4 aliphatic rings. The molecule has 4 fully saturated rings. The molecule has 0 aliphatic heterocycles. The van der Waals surface area contributed by atoms with Crippen molar-refractivity contribution in [3.63, 3.8) is 0 Å². The van der Waals surface area contributed by atoms with Gasteiger partial charge in [-0.15, -0.1) is 0 Å². The first kappa shape index (κ1) is 12.4. The van der Waals surface area contributed by atoms with Crippen molar-refractivity contribution in [2.24, 2.45) is 23.2 Å². The van der Waals surface area contributed by atoms with E-state index in [0.717, 1.165) is 17.8 Å². The van der Waals surface area contributed by atoms with Crippen LogP contribution in [0.5, 0.6) is 0 Å². The van der Waals surface area contributed by atoms with Crippen molar-refractivity contribution >= 4 is 0 Å². The number of aromatic nitrogens is 1. The molecule has 0 saturated heterocycles. The molecular formula is C18H22N2. The lowest BCUT2D eigenvalue weighted by atomic mass is 9.45. The Morgan fingerprint density at radius 1 is 1.10 bits per heavy atom. The van der Waals surface area contributed by atoms with Gasteiger partial charge < -0.3 is 0 Å². The van der Waals surface area contributed by atoms with Crippen LogP contribution in [0.15, 0.2) is 24.5 Å². The summed E-state index contributed by atoms with van der Waals surface area (Å²) in [6, 6.07) is 6.75. The van der Waals surface area contributed by atoms with E-state index in [1.165, 1.54) is 44.1 Å². The van der Waals surface area contributed by atoms with E-state index in [1.807, 2.05) is 12.4 Å². The number of rotatable bonds is 3. The van der Waals surface area contributed by atoms with Crippen molar-refractivity contribution in [2.45, 2.75) is 50.9 Å². The number of hydrogen-bond acceptors (Lipinski definition) is 2. The Bertz CT molecular complexity index is 493. The van der Waals surface area contributed by atoms with Crippen molar-refractivity contribution in [2.75, 3.05) is 0 Å². The molecule has 2 nitrogen and oxygen atoms in total. The van der Waals surface area contributed by atoms with Crippen LogP contribution in [0, 0.1) is 34.5 Å². The minimum atomic E-state index is 0.422. The van der Waals surface area contributed by atoms with Gasteiger partial charge in [-0.25, -0.2) is 0 Å². The van der Waals surface area contributed by atoms with Gasteiger partial charge in [0.05, 0.1) is 6.07 Å². The van der Waals surface area contributed by atoms with Crippen molar-refractivity contribution in [1.29, 1.82) is 5.26 Å². The van der Waals surface area contributed by atoms with Crippen LogP contribution >= 0.6 is 0 Å². The van der Waals surface area contributed by atoms with Crippen molar-refractivity contribution in [3.05, 3.63) is 30.1 Å². The lowest BCUT2D eigenvalue weighted by Crippen LogP contribution is -2.48. The normalized spacial score (nSPS) is 39.5. The highest BCUT2D eigenvalue weighted by Crippen LogP contribution is 2.65. The van der Waals surface area contributed by atoms with Gasteiger partial charge in [-0.2, -0.15) is 5.26 Å². The van der Waals surface area contributed by atoms with Crippen LogP contribution in [0.2, 0.25) is 0 Å². The molecule has 1 aromatic heterocycles. The molecule has 0 spiro atoms. The van der Waals surface area contributed by atoms with E-state index in [-0.39, 0.29) is 0 Å². The third kappa shape index (κ3) is 1.87. The average molecular weight is 266 g/mol. The summed E-state index contributed by atoms with van der Waals surface area (Å²) in [4.78, 5) is 4.15. The van der Waals surface area contributed by atoms with Gasteiger partial charge >= 0.3 is 0 Å². The first-order valence-electron chi connectivity index (χ1n) is 8.06. The van der Waals surface area contributed by atoms with Gasteiger partial charge in [-0.3, -0.25) is 4.98 Å². The molecule has 5 rings (SSSR count). The third-order valence-electron chi connectivity index (χ3n) is 6.23. The molecule has 0 radical (unpaired) electrons. The molecule has 1 aromatic rings. The van der Waals surface area contributed by atoms with E-state index in [0.29, 0.717) is 17.8 Å². The topological polar surface area (TPSA) is 36.7 Å². The fraction of sp³-hybridized carbons (Fsp3) is 0.667. The monoisotopic (exact) mass is 266 g/mol. The SMILES string of the molecule is N#CCC(c1ccncc1)C12CC3CC(CC(C3)C1)C2. The van der Waals surface area contributed by atoms with Crippen LogP contribution < -0.4 is 0 Å². The van der Waals surface area contributed by atoms with Crippen molar-refractivity contribution in [1.82, 2.24) is 4.98 Å². The number of nitriles is 1. The van der Waals surface area contributed by atoms with Gasteiger partial charge in [0.2, 0.25) is 0 Å². The van der Waals surface area contributed by atoms with Crippen LogP contribution in [0.1, 0.15) is 56.4 Å².